The van der Waals surface area contributed by atoms with Crippen LogP contribution in [-0.4, -0.2) is 31.5 Å². The van der Waals surface area contributed by atoms with E-state index < -0.39 is 0 Å². The Balaban J connectivity index is 1.22. The van der Waals surface area contributed by atoms with Gasteiger partial charge >= 0.3 is 178 Å². The van der Waals surface area contributed by atoms with Crippen molar-refractivity contribution >= 4 is 80.3 Å². The number of carbonyl (C=O) groups is 2. The van der Waals surface area contributed by atoms with Crippen LogP contribution in [-0.2, 0) is 0 Å². The van der Waals surface area contributed by atoms with Crippen molar-refractivity contribution in [1.82, 2.24) is 4.98 Å². The molecule has 2 heterocycles. The van der Waals surface area contributed by atoms with E-state index in [1.807, 2.05) is 60.7 Å². The number of fused-ring (bicyclic) bond motifs is 8. The van der Waals surface area contributed by atoms with Gasteiger partial charge in [-0.15, -0.1) is 0 Å². The van der Waals surface area contributed by atoms with Crippen molar-refractivity contribution in [3.8, 4) is 0 Å². The summed E-state index contributed by atoms with van der Waals surface area (Å²) in [5.74, 6) is 0.334. The summed E-state index contributed by atoms with van der Waals surface area (Å²) >= 11 is 0.223. The molecule has 8 rings (SSSR count). The molecule has 1 aromatic heterocycles. The second-order valence-electron chi connectivity index (χ2n) is 9.88. The Morgan fingerprint density at radius 3 is 1.60 bits per heavy atom. The Morgan fingerprint density at radius 2 is 1.07 bits per heavy atom. The number of hydrogen-bond acceptors (Lipinski definition) is 4. The summed E-state index contributed by atoms with van der Waals surface area (Å²) in [5, 5.41) is 3.59. The van der Waals surface area contributed by atoms with Gasteiger partial charge in [-0.05, 0) is 10.8 Å². The van der Waals surface area contributed by atoms with Gasteiger partial charge in [0.25, 0.3) is 0 Å². The molecule has 0 atom stereocenters. The molecule has 0 N–H and O–H groups in total. The van der Waals surface area contributed by atoms with Gasteiger partial charge in [0.2, 0.25) is 0 Å². The van der Waals surface area contributed by atoms with Crippen LogP contribution >= 0.6 is 0 Å². The number of carbonyl (C=O) groups excluding carboxylic acids is 2. The molecule has 1 aliphatic carbocycles. The third-order valence-electron chi connectivity index (χ3n) is 7.62. The third kappa shape index (κ3) is 3.35. The van der Waals surface area contributed by atoms with E-state index in [1.54, 1.807) is 12.3 Å². The van der Waals surface area contributed by atoms with Crippen LogP contribution in [0.2, 0.25) is 0 Å². The normalized spacial score (nSPS) is 13.9. The molecule has 0 amide bonds. The molecule has 4 nitrogen and oxygen atoms in total. The van der Waals surface area contributed by atoms with Crippen LogP contribution in [0.1, 0.15) is 26.3 Å². The van der Waals surface area contributed by atoms with Gasteiger partial charge in [0.15, 0.2) is 0 Å². The number of hydrogen-bond donors (Lipinski definition) is 0. The Morgan fingerprint density at radius 1 is 0.575 bits per heavy atom. The minimum Gasteiger partial charge on any atom is -0.0616 e. The SMILES string of the molecule is O=C1C(=Cc2ccc(N3c4ccccc4[Se]c4ccccc43)nc2)C(=O)c2c1c1ccccc1c1ccccc21. The van der Waals surface area contributed by atoms with Crippen molar-refractivity contribution in [1.29, 1.82) is 0 Å². The third-order valence-corrected chi connectivity index (χ3v) is 9.99. The van der Waals surface area contributed by atoms with Gasteiger partial charge in [0.05, 0.1) is 0 Å². The smallest absolute Gasteiger partial charge is 0.0616 e. The Hall–Kier alpha value is -4.83. The molecule has 0 fully saturated rings. The van der Waals surface area contributed by atoms with Gasteiger partial charge in [-0.2, -0.15) is 0 Å². The van der Waals surface area contributed by atoms with Crippen molar-refractivity contribution in [2.75, 3.05) is 4.90 Å². The Bertz CT molecular complexity index is 1960. The summed E-state index contributed by atoms with van der Waals surface area (Å²) < 4.78 is 2.61. The summed E-state index contributed by atoms with van der Waals surface area (Å²) in [5.41, 5.74) is 4.16. The number of anilines is 3. The first-order valence-corrected chi connectivity index (χ1v) is 14.8. The molecule has 1 aliphatic heterocycles. The first kappa shape index (κ1) is 23.1. The molecule has 0 spiro atoms. The predicted octanol–water partition coefficient (Wildman–Crippen LogP) is 6.29. The number of allylic oxidation sites excluding steroid dienone is 1. The van der Waals surface area contributed by atoms with E-state index in [4.69, 9.17) is 4.98 Å². The molecule has 6 aromatic rings. The van der Waals surface area contributed by atoms with Crippen LogP contribution in [0.4, 0.5) is 17.2 Å². The summed E-state index contributed by atoms with van der Waals surface area (Å²) in [6.45, 7) is 0. The van der Waals surface area contributed by atoms with E-state index in [0.717, 1.165) is 38.7 Å². The number of benzene rings is 5. The van der Waals surface area contributed by atoms with Gasteiger partial charge in [0.1, 0.15) is 0 Å². The zero-order valence-corrected chi connectivity index (χ0v) is 22.9. The first-order chi connectivity index (χ1) is 19.7. The van der Waals surface area contributed by atoms with Crippen LogP contribution in [0, 0.1) is 0 Å². The molecule has 188 valence electrons. The van der Waals surface area contributed by atoms with Gasteiger partial charge in [0, 0.05) is 0 Å². The standard InChI is InChI=1S/C35H20N2O2Se/c38-34-26(35(39)33-25-12-4-2-10-23(25)22-9-1-3-11-24(22)32(33)34)19-21-17-18-31(36-20-21)37-27-13-5-7-15-29(27)40-30-16-8-6-14-28(30)37/h1-20H. The van der Waals surface area contributed by atoms with Crippen molar-refractivity contribution in [2.45, 2.75) is 0 Å². The van der Waals surface area contributed by atoms with Crippen molar-refractivity contribution in [3.63, 3.8) is 0 Å². The molecule has 0 saturated carbocycles. The number of aromatic nitrogens is 1. The maximum absolute atomic E-state index is 13.7. The van der Waals surface area contributed by atoms with E-state index in [-0.39, 0.29) is 32.1 Å². The van der Waals surface area contributed by atoms with Crippen LogP contribution in [0.3, 0.4) is 0 Å². The predicted molar refractivity (Wildman–Crippen MR) is 162 cm³/mol. The molecular weight excluding hydrogens is 559 g/mol. The zero-order valence-electron chi connectivity index (χ0n) is 21.2. The summed E-state index contributed by atoms with van der Waals surface area (Å²) in [6, 6.07) is 36.4. The van der Waals surface area contributed by atoms with Crippen molar-refractivity contribution in [3.05, 3.63) is 138 Å². The second-order valence-corrected chi connectivity index (χ2v) is 12.2. The fourth-order valence-corrected chi connectivity index (χ4v) is 8.07. The molecule has 0 saturated heterocycles. The molecule has 0 radical (unpaired) electrons. The average Bonchev–Trinajstić information content (AvgIpc) is 3.26. The van der Waals surface area contributed by atoms with Gasteiger partial charge in [-0.3, -0.25) is 0 Å². The second kappa shape index (κ2) is 8.85. The van der Waals surface area contributed by atoms with E-state index >= 15 is 0 Å². The minimum absolute atomic E-state index is 0.183. The number of pyridine rings is 1. The van der Waals surface area contributed by atoms with Crippen LogP contribution < -0.4 is 13.8 Å². The number of para-hydroxylation sites is 2. The van der Waals surface area contributed by atoms with Crippen molar-refractivity contribution in [2.24, 2.45) is 0 Å². The van der Waals surface area contributed by atoms with E-state index in [1.165, 1.54) is 8.92 Å². The number of nitrogens with zero attached hydrogens (tertiary/aromatic N) is 2. The number of ketones is 2. The minimum atomic E-state index is -0.229. The van der Waals surface area contributed by atoms with Crippen LogP contribution in [0.5, 0.6) is 0 Å². The maximum atomic E-state index is 13.7. The first-order valence-electron chi connectivity index (χ1n) is 13.1. The quantitative estimate of drug-likeness (QED) is 0.105. The Labute approximate surface area is 236 Å². The van der Waals surface area contributed by atoms with Gasteiger partial charge in [-0.25, -0.2) is 0 Å². The molecule has 40 heavy (non-hydrogen) atoms. The zero-order chi connectivity index (χ0) is 26.8. The van der Waals surface area contributed by atoms with E-state index in [2.05, 4.69) is 53.4 Å². The van der Waals surface area contributed by atoms with Gasteiger partial charge < -0.3 is 0 Å². The fourth-order valence-electron chi connectivity index (χ4n) is 5.85. The number of Topliss-reactive ketones (excluding diaryl/α,β-unsaturated/α-hetero) is 2. The van der Waals surface area contributed by atoms with E-state index in [0.29, 0.717) is 16.7 Å². The van der Waals surface area contributed by atoms with E-state index in [9.17, 15) is 9.59 Å². The molecule has 0 unspecified atom stereocenters. The monoisotopic (exact) mass is 580 g/mol. The van der Waals surface area contributed by atoms with Gasteiger partial charge in [-0.1, -0.05) is 48.5 Å². The summed E-state index contributed by atoms with van der Waals surface area (Å²) in [6.07, 6.45) is 3.43. The summed E-state index contributed by atoms with van der Waals surface area (Å²) in [4.78, 5) is 34.5. The molecule has 5 aromatic carbocycles. The molecule has 2 aliphatic rings. The molecule has 0 bridgehead atoms. The molecule has 5 heteroatoms. The average molecular weight is 580 g/mol. The Kier molecular flexibility index (Phi) is 5.11. The summed E-state index contributed by atoms with van der Waals surface area (Å²) in [7, 11) is 0. The topological polar surface area (TPSA) is 50.3 Å². The molecular formula is C35H20N2O2Se. The number of rotatable bonds is 2. The van der Waals surface area contributed by atoms with Crippen LogP contribution in [0.15, 0.2) is 121 Å². The fraction of sp³-hybridized carbons (Fsp3) is 0. The van der Waals surface area contributed by atoms with Crippen molar-refractivity contribution < 1.29 is 9.59 Å². The van der Waals surface area contributed by atoms with Crippen LogP contribution in [0.25, 0.3) is 27.6 Å².